The van der Waals surface area contributed by atoms with Gasteiger partial charge in [0.15, 0.2) is 5.69 Å². The maximum atomic E-state index is 11.7. The number of amides is 1. The minimum absolute atomic E-state index is 0.0522. The minimum atomic E-state index is -4.48. The number of carboxylic acids is 1. The molecule has 0 spiro atoms. The molecule has 11 heteroatoms. The molecule has 1 heterocycles. The lowest BCUT2D eigenvalue weighted by Gasteiger charge is -2.08. The first-order valence-electron chi connectivity index (χ1n) is 5.32. The fraction of sp³-hybridized carbons (Fsp3) is 0.556. The molecule has 0 bridgehead atoms. The van der Waals surface area contributed by atoms with E-state index in [1.54, 1.807) is 0 Å². The van der Waals surface area contributed by atoms with Gasteiger partial charge in [-0.05, 0) is 0 Å². The molecule has 1 rings (SSSR count). The number of ether oxygens (including phenoxy) is 1. The smallest absolute Gasteiger partial charge is 0.411 e. The highest BCUT2D eigenvalue weighted by molar-refractivity contribution is 5.84. The summed E-state index contributed by atoms with van der Waals surface area (Å²) in [6.07, 6.45) is -3.32. The van der Waals surface area contributed by atoms with E-state index in [4.69, 9.17) is 5.11 Å². The molecule has 0 aliphatic rings. The van der Waals surface area contributed by atoms with E-state index in [2.05, 4.69) is 20.4 Å². The maximum absolute atomic E-state index is 11.7. The molecule has 1 amide bonds. The van der Waals surface area contributed by atoms with Crippen molar-refractivity contribution in [3.8, 4) is 0 Å². The van der Waals surface area contributed by atoms with Crippen molar-refractivity contribution in [2.24, 2.45) is 0 Å². The van der Waals surface area contributed by atoms with Crippen molar-refractivity contribution >= 4 is 11.9 Å². The van der Waals surface area contributed by atoms with Gasteiger partial charge in [0, 0.05) is 6.54 Å². The van der Waals surface area contributed by atoms with Crippen molar-refractivity contribution in [2.75, 3.05) is 19.8 Å². The quantitative estimate of drug-likeness (QED) is 0.713. The Bertz CT molecular complexity index is 474. The second-order valence-electron chi connectivity index (χ2n) is 3.63. The molecule has 0 unspecified atom stereocenters. The van der Waals surface area contributed by atoms with Crippen LogP contribution in [0.2, 0.25) is 0 Å². The molecular formula is C9H11F3N4O4. The van der Waals surface area contributed by atoms with Crippen LogP contribution in [-0.4, -0.2) is 57.9 Å². The van der Waals surface area contributed by atoms with Crippen molar-refractivity contribution in [2.45, 2.75) is 12.7 Å². The van der Waals surface area contributed by atoms with E-state index in [0.29, 0.717) is 0 Å². The summed E-state index contributed by atoms with van der Waals surface area (Å²) in [6, 6.07) is 0. The lowest BCUT2D eigenvalue weighted by Crippen LogP contribution is -2.32. The molecule has 0 saturated heterocycles. The molecule has 0 aliphatic heterocycles. The van der Waals surface area contributed by atoms with Gasteiger partial charge in [0.2, 0.25) is 5.91 Å². The Hall–Kier alpha value is -2.17. The monoisotopic (exact) mass is 296 g/mol. The SMILES string of the molecule is O=C(COCC(F)(F)F)NCCn1cc(C(=O)O)nn1. The van der Waals surface area contributed by atoms with Gasteiger partial charge >= 0.3 is 12.1 Å². The summed E-state index contributed by atoms with van der Waals surface area (Å²) in [7, 11) is 0. The van der Waals surface area contributed by atoms with Gasteiger partial charge in [0.1, 0.15) is 13.2 Å². The Morgan fingerprint density at radius 2 is 2.15 bits per heavy atom. The van der Waals surface area contributed by atoms with Gasteiger partial charge < -0.3 is 15.2 Å². The van der Waals surface area contributed by atoms with Gasteiger partial charge in [-0.15, -0.1) is 5.10 Å². The van der Waals surface area contributed by atoms with Crippen LogP contribution in [0.5, 0.6) is 0 Å². The van der Waals surface area contributed by atoms with Crippen LogP contribution in [-0.2, 0) is 16.1 Å². The van der Waals surface area contributed by atoms with Crippen molar-refractivity contribution in [1.29, 1.82) is 0 Å². The molecule has 0 fully saturated rings. The summed E-state index contributed by atoms with van der Waals surface area (Å²) in [5.74, 6) is -1.95. The molecule has 0 atom stereocenters. The zero-order valence-electron chi connectivity index (χ0n) is 10.1. The molecule has 1 aromatic rings. The number of carbonyl (C=O) groups is 2. The first kappa shape index (κ1) is 15.9. The lowest BCUT2D eigenvalue weighted by atomic mass is 10.5. The molecule has 0 saturated carbocycles. The predicted molar refractivity (Wildman–Crippen MR) is 56.9 cm³/mol. The summed E-state index contributed by atoms with van der Waals surface area (Å²) in [6.45, 7) is -2.02. The third-order valence-corrected chi connectivity index (χ3v) is 1.92. The second-order valence-corrected chi connectivity index (χ2v) is 3.63. The molecule has 8 nitrogen and oxygen atoms in total. The number of carbonyl (C=O) groups excluding carboxylic acids is 1. The van der Waals surface area contributed by atoms with Crippen molar-refractivity contribution in [1.82, 2.24) is 20.3 Å². The Labute approximate surface area is 110 Å². The third-order valence-electron chi connectivity index (χ3n) is 1.92. The van der Waals surface area contributed by atoms with Crippen LogP contribution in [0.4, 0.5) is 13.2 Å². The molecule has 2 N–H and O–H groups in total. The highest BCUT2D eigenvalue weighted by Gasteiger charge is 2.27. The number of rotatable bonds is 7. The van der Waals surface area contributed by atoms with Crippen LogP contribution in [0.1, 0.15) is 10.5 Å². The summed E-state index contributed by atoms with van der Waals surface area (Å²) in [5.41, 5.74) is -0.246. The van der Waals surface area contributed by atoms with Gasteiger partial charge in [-0.25, -0.2) is 9.48 Å². The Balaban J connectivity index is 2.19. The zero-order valence-corrected chi connectivity index (χ0v) is 10.1. The lowest BCUT2D eigenvalue weighted by molar-refractivity contribution is -0.175. The van der Waals surface area contributed by atoms with E-state index in [-0.39, 0.29) is 18.8 Å². The summed E-state index contributed by atoms with van der Waals surface area (Å²) >= 11 is 0. The summed E-state index contributed by atoms with van der Waals surface area (Å²) in [4.78, 5) is 21.6. The van der Waals surface area contributed by atoms with E-state index in [1.807, 2.05) is 0 Å². The number of nitrogens with one attached hydrogen (secondary N) is 1. The van der Waals surface area contributed by atoms with E-state index in [9.17, 15) is 22.8 Å². The highest BCUT2D eigenvalue weighted by atomic mass is 19.4. The van der Waals surface area contributed by atoms with Gasteiger partial charge in [-0.1, -0.05) is 5.21 Å². The van der Waals surface area contributed by atoms with Crippen LogP contribution in [0.15, 0.2) is 6.20 Å². The molecule has 112 valence electrons. The molecule has 20 heavy (non-hydrogen) atoms. The summed E-state index contributed by atoms with van der Waals surface area (Å²) in [5, 5.41) is 17.7. The van der Waals surface area contributed by atoms with Gasteiger partial charge in [-0.3, -0.25) is 4.79 Å². The van der Waals surface area contributed by atoms with E-state index in [0.717, 1.165) is 6.20 Å². The average molecular weight is 296 g/mol. The highest BCUT2D eigenvalue weighted by Crippen LogP contribution is 2.13. The van der Waals surface area contributed by atoms with Crippen molar-refractivity contribution in [3.63, 3.8) is 0 Å². The van der Waals surface area contributed by atoms with E-state index < -0.39 is 31.3 Å². The minimum Gasteiger partial charge on any atom is -0.476 e. The number of aromatic nitrogens is 3. The average Bonchev–Trinajstić information content (AvgIpc) is 2.76. The van der Waals surface area contributed by atoms with Crippen molar-refractivity contribution < 1.29 is 32.6 Å². The topological polar surface area (TPSA) is 106 Å². The summed E-state index contributed by atoms with van der Waals surface area (Å²) < 4.78 is 40.5. The predicted octanol–water partition coefficient (Wildman–Crippen LogP) is -0.329. The molecule has 0 aliphatic carbocycles. The van der Waals surface area contributed by atoms with Gasteiger partial charge in [0.05, 0.1) is 12.7 Å². The third kappa shape index (κ3) is 6.13. The molecule has 1 aromatic heterocycles. The number of aromatic carboxylic acids is 1. The number of hydrogen-bond donors (Lipinski definition) is 2. The standard InChI is InChI=1S/C9H11F3N4O4/c10-9(11,12)5-20-4-7(17)13-1-2-16-3-6(8(18)19)14-15-16/h3H,1-2,4-5H2,(H,13,17)(H,18,19). The van der Waals surface area contributed by atoms with Crippen molar-refractivity contribution in [3.05, 3.63) is 11.9 Å². The first-order valence-corrected chi connectivity index (χ1v) is 5.32. The second kappa shape index (κ2) is 6.84. The van der Waals surface area contributed by atoms with Crippen LogP contribution >= 0.6 is 0 Å². The van der Waals surface area contributed by atoms with Crippen LogP contribution < -0.4 is 5.32 Å². The Morgan fingerprint density at radius 1 is 1.45 bits per heavy atom. The van der Waals surface area contributed by atoms with E-state index in [1.165, 1.54) is 4.68 Å². The number of alkyl halides is 3. The molecule has 0 aromatic carbocycles. The van der Waals surface area contributed by atoms with Gasteiger partial charge in [0.25, 0.3) is 0 Å². The zero-order chi connectivity index (χ0) is 15.2. The molecular weight excluding hydrogens is 285 g/mol. The van der Waals surface area contributed by atoms with Crippen LogP contribution in [0.25, 0.3) is 0 Å². The van der Waals surface area contributed by atoms with Crippen LogP contribution in [0.3, 0.4) is 0 Å². The number of hydrogen-bond acceptors (Lipinski definition) is 5. The molecule has 0 radical (unpaired) electrons. The normalized spacial score (nSPS) is 11.3. The number of carboxylic acid groups (broad SMARTS) is 1. The number of halogens is 3. The fourth-order valence-electron chi connectivity index (χ4n) is 1.13. The fourth-order valence-corrected chi connectivity index (χ4v) is 1.13. The van der Waals surface area contributed by atoms with E-state index >= 15 is 0 Å². The van der Waals surface area contributed by atoms with Crippen LogP contribution in [0, 0.1) is 0 Å². The largest absolute Gasteiger partial charge is 0.476 e. The number of nitrogens with zero attached hydrogens (tertiary/aromatic N) is 3. The van der Waals surface area contributed by atoms with Gasteiger partial charge in [-0.2, -0.15) is 13.2 Å². The maximum Gasteiger partial charge on any atom is 0.411 e. The Kier molecular flexibility index (Phi) is 5.43. The Morgan fingerprint density at radius 3 is 2.70 bits per heavy atom. The first-order chi connectivity index (χ1) is 9.28.